The van der Waals surface area contributed by atoms with Crippen molar-refractivity contribution >= 4 is 51.2 Å². The Balaban J connectivity index is 1.52. The minimum atomic E-state index is -0.562. The summed E-state index contributed by atoms with van der Waals surface area (Å²) in [4.78, 5) is 41.0. The summed E-state index contributed by atoms with van der Waals surface area (Å²) < 4.78 is 6.17. The molecule has 34 heavy (non-hydrogen) atoms. The minimum absolute atomic E-state index is 0.140. The molecule has 2 aliphatic rings. The van der Waals surface area contributed by atoms with Crippen LogP contribution in [0.5, 0.6) is 5.75 Å². The molecular weight excluding hydrogens is 522 g/mol. The number of urea groups is 1. The average Bonchev–Trinajstić information content (AvgIpc) is 2.85. The number of nitrogens with one attached hydrogen (secondary N) is 3. The number of rotatable bonds is 6. The molecule has 0 radical (unpaired) electrons. The summed E-state index contributed by atoms with van der Waals surface area (Å²) in [5, 5.41) is 9.32. The van der Waals surface area contributed by atoms with Crippen LogP contribution in [0.25, 0.3) is 0 Å². The van der Waals surface area contributed by atoms with Crippen LogP contribution in [-0.4, -0.2) is 66.1 Å². The molecule has 4 rings (SSSR count). The molecule has 0 spiro atoms. The lowest BCUT2D eigenvalue weighted by Gasteiger charge is -2.50. The van der Waals surface area contributed by atoms with Crippen molar-refractivity contribution < 1.29 is 19.1 Å². The van der Waals surface area contributed by atoms with E-state index < -0.39 is 17.5 Å². The molecule has 2 aromatic carbocycles. The van der Waals surface area contributed by atoms with Gasteiger partial charge < -0.3 is 15.0 Å². The zero-order valence-electron chi connectivity index (χ0n) is 18.9. The molecule has 2 fully saturated rings. The van der Waals surface area contributed by atoms with Crippen molar-refractivity contribution in [1.29, 1.82) is 0 Å². The van der Waals surface area contributed by atoms with E-state index in [1.54, 1.807) is 19.1 Å². The number of fused-ring (bicyclic) bond motifs is 1. The van der Waals surface area contributed by atoms with E-state index in [2.05, 4.69) is 31.9 Å². The van der Waals surface area contributed by atoms with Gasteiger partial charge in [0.05, 0.1) is 36.5 Å². The summed E-state index contributed by atoms with van der Waals surface area (Å²) in [6.07, 6.45) is -0.845. The number of nitrogens with zero attached hydrogens (tertiary/aromatic N) is 2. The number of carbonyl (C=O) groups excluding carboxylic acids is 3. The Labute approximate surface area is 210 Å². The lowest BCUT2D eigenvalue weighted by molar-refractivity contribution is -0.140. The van der Waals surface area contributed by atoms with E-state index in [0.717, 1.165) is 20.7 Å². The van der Waals surface area contributed by atoms with Crippen LogP contribution < -0.4 is 20.7 Å². The van der Waals surface area contributed by atoms with E-state index in [1.807, 2.05) is 48.5 Å². The molecule has 4 amide bonds. The van der Waals surface area contributed by atoms with E-state index >= 15 is 0 Å². The second-order valence-electron chi connectivity index (χ2n) is 8.09. The average molecular weight is 548 g/mol. The second-order valence-corrected chi connectivity index (χ2v) is 10.1. The summed E-state index contributed by atoms with van der Waals surface area (Å²) in [5.74, 6) is -0.151. The predicted molar refractivity (Wildman–Crippen MR) is 134 cm³/mol. The molecule has 0 aliphatic carbocycles. The lowest BCUT2D eigenvalue weighted by Crippen LogP contribution is -2.72. The van der Waals surface area contributed by atoms with Crippen LogP contribution in [0.15, 0.2) is 53.0 Å². The smallest absolute Gasteiger partial charge is 0.327 e. The first-order chi connectivity index (χ1) is 16.3. The maximum Gasteiger partial charge on any atom is 0.327 e. The molecule has 0 saturated carbocycles. The van der Waals surface area contributed by atoms with Gasteiger partial charge in [0.1, 0.15) is 5.75 Å². The summed E-state index contributed by atoms with van der Waals surface area (Å²) in [6.45, 7) is 0. The predicted octanol–water partition coefficient (Wildman–Crippen LogP) is 2.81. The Morgan fingerprint density at radius 1 is 1.09 bits per heavy atom. The highest BCUT2D eigenvalue weighted by Crippen LogP contribution is 2.34. The van der Waals surface area contributed by atoms with Crippen molar-refractivity contribution in [3.8, 4) is 5.75 Å². The monoisotopic (exact) mass is 547 g/mol. The summed E-state index contributed by atoms with van der Waals surface area (Å²) in [7, 11) is 4.76. The van der Waals surface area contributed by atoms with Crippen molar-refractivity contribution in [2.75, 3.05) is 32.3 Å². The Morgan fingerprint density at radius 2 is 1.76 bits per heavy atom. The van der Waals surface area contributed by atoms with E-state index in [0.29, 0.717) is 5.69 Å². The fourth-order valence-electron chi connectivity index (χ4n) is 4.08. The van der Waals surface area contributed by atoms with Gasteiger partial charge in [-0.05, 0) is 42.0 Å². The first kappa shape index (κ1) is 24.5. The topological polar surface area (TPSA) is 103 Å². The van der Waals surface area contributed by atoms with E-state index in [4.69, 9.17) is 4.74 Å². The number of methoxy groups -OCH3 is 1. The largest absolute Gasteiger partial charge is 0.497 e. The second kappa shape index (κ2) is 10.3. The molecule has 180 valence electrons. The number of benzene rings is 2. The van der Waals surface area contributed by atoms with E-state index in [1.165, 1.54) is 18.8 Å². The maximum absolute atomic E-state index is 13.1. The summed E-state index contributed by atoms with van der Waals surface area (Å²) in [5.41, 5.74) is 1.62. The highest BCUT2D eigenvalue weighted by Gasteiger charge is 2.51. The first-order valence-corrected chi connectivity index (χ1v) is 12.5. The minimum Gasteiger partial charge on any atom is -0.497 e. The number of amides is 4. The number of anilines is 1. The van der Waals surface area contributed by atoms with Crippen molar-refractivity contribution in [2.45, 2.75) is 17.7 Å². The van der Waals surface area contributed by atoms with Gasteiger partial charge in [-0.25, -0.2) is 4.79 Å². The fourth-order valence-corrected chi connectivity index (χ4v) is 5.46. The van der Waals surface area contributed by atoms with Crippen LogP contribution in [0, 0.1) is 5.92 Å². The van der Waals surface area contributed by atoms with Crippen LogP contribution in [0.4, 0.5) is 10.5 Å². The number of hydrogen-bond donors (Lipinski definition) is 3. The third-order valence-corrected chi connectivity index (χ3v) is 7.67. The molecule has 0 aromatic heterocycles. The molecule has 4 unspecified atom stereocenters. The zero-order valence-corrected chi connectivity index (χ0v) is 21.4. The normalized spacial score (nSPS) is 24.6. The van der Waals surface area contributed by atoms with Gasteiger partial charge in [-0.15, -0.1) is 11.8 Å². The highest BCUT2D eigenvalue weighted by molar-refractivity contribution is 9.10. The van der Waals surface area contributed by atoms with Gasteiger partial charge in [-0.3, -0.25) is 25.1 Å². The molecule has 2 aliphatic heterocycles. The van der Waals surface area contributed by atoms with Gasteiger partial charge in [-0.2, -0.15) is 0 Å². The Bertz CT molecular complexity index is 1070. The molecule has 2 aromatic rings. The zero-order chi connectivity index (χ0) is 24.4. The van der Waals surface area contributed by atoms with Gasteiger partial charge in [0.2, 0.25) is 11.8 Å². The van der Waals surface area contributed by atoms with E-state index in [9.17, 15) is 14.4 Å². The SMILES string of the molecule is COc1ccc(C2NC(SCC(=O)Nc3ccc(Br)cc3)C3C(=O)N(C)C(=O)N(C)C3N2)cc1. The Hall–Kier alpha value is -2.60. The molecule has 2 saturated heterocycles. The third kappa shape index (κ3) is 5.07. The molecular formula is C23H26BrN5O4S. The van der Waals surface area contributed by atoms with Crippen molar-refractivity contribution in [2.24, 2.45) is 5.92 Å². The van der Waals surface area contributed by atoms with Gasteiger partial charge in [0.25, 0.3) is 0 Å². The number of thioether (sulfide) groups is 1. The fraction of sp³-hybridized carbons (Fsp3) is 0.348. The maximum atomic E-state index is 13.1. The third-order valence-electron chi connectivity index (χ3n) is 5.93. The number of ether oxygens (including phenoxy) is 1. The molecule has 9 nitrogen and oxygen atoms in total. The van der Waals surface area contributed by atoms with Crippen molar-refractivity contribution in [1.82, 2.24) is 20.4 Å². The van der Waals surface area contributed by atoms with Gasteiger partial charge >= 0.3 is 6.03 Å². The summed E-state index contributed by atoms with van der Waals surface area (Å²) in [6, 6.07) is 14.5. The Morgan fingerprint density at radius 3 is 2.41 bits per heavy atom. The number of halogens is 1. The molecule has 3 N–H and O–H groups in total. The molecule has 4 atom stereocenters. The first-order valence-electron chi connectivity index (χ1n) is 10.7. The van der Waals surface area contributed by atoms with Gasteiger partial charge in [0, 0.05) is 24.3 Å². The van der Waals surface area contributed by atoms with E-state index in [-0.39, 0.29) is 29.8 Å². The highest BCUT2D eigenvalue weighted by atomic mass is 79.9. The van der Waals surface area contributed by atoms with Crippen LogP contribution >= 0.6 is 27.7 Å². The lowest BCUT2D eigenvalue weighted by atomic mass is 9.96. The standard InChI is InChI=1S/C23H26BrN5O4S/c1-28-20-18(22(31)29(2)23(28)32)21(27-19(26-20)13-4-10-16(33-3)11-5-13)34-12-17(30)25-15-8-6-14(24)7-9-15/h4-11,18-21,26-27H,12H2,1-3H3,(H,25,30). The van der Waals surface area contributed by atoms with Crippen LogP contribution in [-0.2, 0) is 9.59 Å². The van der Waals surface area contributed by atoms with Crippen LogP contribution in [0.1, 0.15) is 11.7 Å². The van der Waals surface area contributed by atoms with Gasteiger partial charge in [-0.1, -0.05) is 28.1 Å². The quantitative estimate of drug-likeness (QED) is 0.510. The number of imide groups is 1. The van der Waals surface area contributed by atoms with Crippen LogP contribution in [0.3, 0.4) is 0 Å². The van der Waals surface area contributed by atoms with Crippen molar-refractivity contribution in [3.05, 3.63) is 58.6 Å². The molecule has 0 bridgehead atoms. The number of carbonyl (C=O) groups is 3. The molecule has 11 heteroatoms. The number of hydrogen-bond acceptors (Lipinski definition) is 7. The summed E-state index contributed by atoms with van der Waals surface area (Å²) >= 11 is 4.72. The van der Waals surface area contributed by atoms with Gasteiger partial charge in [0.15, 0.2) is 0 Å². The van der Waals surface area contributed by atoms with Crippen molar-refractivity contribution in [3.63, 3.8) is 0 Å². The van der Waals surface area contributed by atoms with Crippen LogP contribution in [0.2, 0.25) is 0 Å². The molecule has 2 heterocycles. The Kier molecular flexibility index (Phi) is 7.46.